The van der Waals surface area contributed by atoms with Crippen molar-refractivity contribution in [1.29, 1.82) is 0 Å². The van der Waals surface area contributed by atoms with Gasteiger partial charge in [-0.15, -0.1) is 0 Å². The first-order valence-corrected chi connectivity index (χ1v) is 8.60. The fraction of sp³-hybridized carbons (Fsp3) is 0.765. The molecule has 1 aromatic rings. The molecule has 0 amide bonds. The van der Waals surface area contributed by atoms with Crippen LogP contribution >= 0.6 is 0 Å². The smallest absolute Gasteiger partial charge is 0.132 e. The Kier molecular flexibility index (Phi) is 3.57. The van der Waals surface area contributed by atoms with Crippen molar-refractivity contribution in [2.24, 2.45) is 11.8 Å². The molecular weight excluding hydrogens is 276 g/mol. The van der Waals surface area contributed by atoms with Gasteiger partial charge in [0, 0.05) is 44.5 Å². The van der Waals surface area contributed by atoms with Crippen LogP contribution in [-0.2, 0) is 0 Å². The Bertz CT molecular complexity index is 529. The predicted molar refractivity (Wildman–Crippen MR) is 85.8 cm³/mol. The van der Waals surface area contributed by atoms with E-state index in [2.05, 4.69) is 25.8 Å². The number of aryl methyl sites for hydroxylation is 1. The number of β-amino-alcohol motifs (C(OH)–C–C–N with tert-alkyl or cyclic N) is 1. The van der Waals surface area contributed by atoms with Gasteiger partial charge >= 0.3 is 0 Å². The molecule has 120 valence electrons. The molecule has 2 aliphatic heterocycles. The van der Waals surface area contributed by atoms with Gasteiger partial charge in [0.15, 0.2) is 0 Å². The number of fused-ring (bicyclic) bond motifs is 1. The van der Waals surface area contributed by atoms with Crippen molar-refractivity contribution < 1.29 is 5.11 Å². The molecule has 3 aliphatic rings. The van der Waals surface area contributed by atoms with Gasteiger partial charge in [0.25, 0.3) is 0 Å². The number of hydrogen-bond donors (Lipinski definition) is 1. The van der Waals surface area contributed by atoms with Gasteiger partial charge in [0.2, 0.25) is 0 Å². The first-order valence-electron chi connectivity index (χ1n) is 8.60. The van der Waals surface area contributed by atoms with E-state index in [0.29, 0.717) is 0 Å². The molecule has 0 aromatic carbocycles. The Hall–Kier alpha value is -1.20. The Labute approximate surface area is 132 Å². The van der Waals surface area contributed by atoms with E-state index >= 15 is 0 Å². The minimum absolute atomic E-state index is 0.401. The van der Waals surface area contributed by atoms with Crippen LogP contribution in [0.5, 0.6) is 0 Å². The van der Waals surface area contributed by atoms with Crippen molar-refractivity contribution in [2.75, 3.05) is 37.6 Å². The normalized spacial score (nSPS) is 30.9. The SMILES string of the molecule is Cc1cc(N2CC3CN(CC4(O)CCCC4)CC3C2)ncn1. The first-order chi connectivity index (χ1) is 10.6. The van der Waals surface area contributed by atoms with Crippen molar-refractivity contribution in [1.82, 2.24) is 14.9 Å². The quantitative estimate of drug-likeness (QED) is 0.916. The lowest BCUT2D eigenvalue weighted by Gasteiger charge is -2.29. The number of likely N-dealkylation sites (tertiary alicyclic amines) is 1. The zero-order valence-electron chi connectivity index (χ0n) is 13.4. The molecule has 1 saturated carbocycles. The molecule has 0 spiro atoms. The summed E-state index contributed by atoms with van der Waals surface area (Å²) in [5.74, 6) is 2.52. The molecule has 1 N–H and O–H groups in total. The van der Waals surface area contributed by atoms with Gasteiger partial charge in [0.05, 0.1) is 5.60 Å². The molecule has 0 bridgehead atoms. The molecule has 5 nitrogen and oxygen atoms in total. The fourth-order valence-corrected chi connectivity index (χ4v) is 4.63. The van der Waals surface area contributed by atoms with Gasteiger partial charge in [0.1, 0.15) is 12.1 Å². The minimum Gasteiger partial charge on any atom is -0.389 e. The van der Waals surface area contributed by atoms with Crippen LogP contribution in [-0.4, -0.2) is 58.3 Å². The molecular formula is C17H26N4O. The monoisotopic (exact) mass is 302 g/mol. The van der Waals surface area contributed by atoms with Crippen molar-refractivity contribution in [3.05, 3.63) is 18.1 Å². The molecule has 4 rings (SSSR count). The van der Waals surface area contributed by atoms with Crippen LogP contribution in [0.1, 0.15) is 31.4 Å². The molecule has 5 heteroatoms. The van der Waals surface area contributed by atoms with Crippen LogP contribution in [0.2, 0.25) is 0 Å². The van der Waals surface area contributed by atoms with Gasteiger partial charge in [-0.3, -0.25) is 4.90 Å². The van der Waals surface area contributed by atoms with Crippen molar-refractivity contribution in [3.63, 3.8) is 0 Å². The van der Waals surface area contributed by atoms with E-state index < -0.39 is 5.60 Å². The maximum atomic E-state index is 10.6. The highest BCUT2D eigenvalue weighted by atomic mass is 16.3. The minimum atomic E-state index is -0.401. The highest BCUT2D eigenvalue weighted by Crippen LogP contribution is 2.36. The van der Waals surface area contributed by atoms with E-state index in [-0.39, 0.29) is 0 Å². The molecule has 3 heterocycles. The summed E-state index contributed by atoms with van der Waals surface area (Å²) in [5, 5.41) is 10.6. The van der Waals surface area contributed by atoms with E-state index in [4.69, 9.17) is 0 Å². The molecule has 1 aromatic heterocycles. The second-order valence-electron chi connectivity index (χ2n) is 7.57. The van der Waals surface area contributed by atoms with Crippen LogP contribution in [0.25, 0.3) is 0 Å². The van der Waals surface area contributed by atoms with Crippen LogP contribution in [0.4, 0.5) is 5.82 Å². The van der Waals surface area contributed by atoms with Gasteiger partial charge < -0.3 is 10.0 Å². The average molecular weight is 302 g/mol. The summed E-state index contributed by atoms with van der Waals surface area (Å²) in [6, 6.07) is 2.08. The Morgan fingerprint density at radius 2 is 1.82 bits per heavy atom. The predicted octanol–water partition coefficient (Wildman–Crippen LogP) is 1.46. The lowest BCUT2D eigenvalue weighted by molar-refractivity contribution is 0.0141. The average Bonchev–Trinajstić information content (AvgIpc) is 3.14. The summed E-state index contributed by atoms with van der Waals surface area (Å²) in [6.07, 6.45) is 6.03. The molecule has 0 radical (unpaired) electrons. The first kappa shape index (κ1) is 14.4. The second-order valence-corrected chi connectivity index (χ2v) is 7.57. The molecule has 22 heavy (non-hydrogen) atoms. The number of aliphatic hydroxyl groups is 1. The summed E-state index contributed by atoms with van der Waals surface area (Å²) in [4.78, 5) is 13.5. The lowest BCUT2D eigenvalue weighted by atomic mass is 10.0. The van der Waals surface area contributed by atoms with Crippen LogP contribution in [0.3, 0.4) is 0 Å². The Balaban J connectivity index is 1.36. The third-order valence-corrected chi connectivity index (χ3v) is 5.73. The van der Waals surface area contributed by atoms with Crippen molar-refractivity contribution in [2.45, 2.75) is 38.2 Å². The fourth-order valence-electron chi connectivity index (χ4n) is 4.63. The maximum absolute atomic E-state index is 10.6. The van der Waals surface area contributed by atoms with E-state index in [0.717, 1.165) is 68.9 Å². The zero-order chi connectivity index (χ0) is 15.2. The summed E-state index contributed by atoms with van der Waals surface area (Å²) in [5.41, 5.74) is 0.634. The lowest BCUT2D eigenvalue weighted by Crippen LogP contribution is -2.41. The highest BCUT2D eigenvalue weighted by molar-refractivity contribution is 5.40. The van der Waals surface area contributed by atoms with Crippen molar-refractivity contribution >= 4 is 5.82 Å². The Morgan fingerprint density at radius 1 is 1.14 bits per heavy atom. The van der Waals surface area contributed by atoms with E-state index in [1.165, 1.54) is 12.8 Å². The topological polar surface area (TPSA) is 52.5 Å². The summed E-state index contributed by atoms with van der Waals surface area (Å²) < 4.78 is 0. The standard InChI is InChI=1S/C17H26N4O/c1-13-6-16(19-12-18-13)21-9-14-7-20(8-15(14)10-21)11-17(22)4-2-3-5-17/h6,12,14-15,22H,2-5,7-11H2,1H3. The van der Waals surface area contributed by atoms with Crippen LogP contribution in [0, 0.1) is 18.8 Å². The van der Waals surface area contributed by atoms with Gasteiger partial charge in [-0.2, -0.15) is 0 Å². The number of nitrogens with zero attached hydrogens (tertiary/aromatic N) is 4. The number of rotatable bonds is 3. The van der Waals surface area contributed by atoms with Crippen molar-refractivity contribution in [3.8, 4) is 0 Å². The molecule has 3 fully saturated rings. The molecule has 2 unspecified atom stereocenters. The summed E-state index contributed by atoms with van der Waals surface area (Å²) in [7, 11) is 0. The third kappa shape index (κ3) is 2.72. The molecule has 1 aliphatic carbocycles. The maximum Gasteiger partial charge on any atom is 0.132 e. The second kappa shape index (κ2) is 5.46. The van der Waals surface area contributed by atoms with Crippen LogP contribution in [0.15, 0.2) is 12.4 Å². The van der Waals surface area contributed by atoms with E-state index in [9.17, 15) is 5.11 Å². The summed E-state index contributed by atoms with van der Waals surface area (Å²) in [6.45, 7) is 7.35. The van der Waals surface area contributed by atoms with Gasteiger partial charge in [-0.25, -0.2) is 9.97 Å². The molecule has 2 saturated heterocycles. The number of anilines is 1. The summed E-state index contributed by atoms with van der Waals surface area (Å²) >= 11 is 0. The molecule has 2 atom stereocenters. The van der Waals surface area contributed by atoms with Gasteiger partial charge in [-0.1, -0.05) is 12.8 Å². The Morgan fingerprint density at radius 3 is 2.45 bits per heavy atom. The van der Waals surface area contributed by atoms with Gasteiger partial charge in [-0.05, 0) is 31.6 Å². The number of aromatic nitrogens is 2. The third-order valence-electron chi connectivity index (χ3n) is 5.73. The van der Waals surface area contributed by atoms with E-state index in [1.807, 2.05) is 6.92 Å². The van der Waals surface area contributed by atoms with E-state index in [1.54, 1.807) is 6.33 Å². The van der Waals surface area contributed by atoms with Crippen LogP contribution < -0.4 is 4.90 Å². The number of hydrogen-bond acceptors (Lipinski definition) is 5. The zero-order valence-corrected chi connectivity index (χ0v) is 13.4. The largest absolute Gasteiger partial charge is 0.389 e. The highest BCUT2D eigenvalue weighted by Gasteiger charge is 2.43.